The average molecular weight is 296 g/mol. The smallest absolute Gasteiger partial charge is 0.227 e. The molecular formula is C15H16N6O. The van der Waals surface area contributed by atoms with Gasteiger partial charge in [0.2, 0.25) is 5.95 Å². The van der Waals surface area contributed by atoms with Crippen LogP contribution in [-0.4, -0.2) is 26.4 Å². The van der Waals surface area contributed by atoms with E-state index in [1.165, 1.54) is 0 Å². The monoisotopic (exact) mass is 296 g/mol. The van der Waals surface area contributed by atoms with Gasteiger partial charge in [0.15, 0.2) is 5.65 Å². The van der Waals surface area contributed by atoms with Gasteiger partial charge in [0.1, 0.15) is 11.6 Å². The number of rotatable bonds is 2. The van der Waals surface area contributed by atoms with Gasteiger partial charge in [-0.05, 0) is 6.07 Å². The van der Waals surface area contributed by atoms with Crippen LogP contribution >= 0.6 is 0 Å². The lowest BCUT2D eigenvalue weighted by atomic mass is 10.0. The fourth-order valence-electron chi connectivity index (χ4n) is 2.76. The van der Waals surface area contributed by atoms with Crippen LogP contribution in [0, 0.1) is 0 Å². The third-order valence-electron chi connectivity index (χ3n) is 3.88. The predicted molar refractivity (Wildman–Crippen MR) is 83.6 cm³/mol. The number of nitrogen functional groups attached to an aromatic ring is 1. The maximum absolute atomic E-state index is 6.00. The number of anilines is 2. The Morgan fingerprint density at radius 1 is 1.32 bits per heavy atom. The Kier molecular flexibility index (Phi) is 2.85. The Labute approximate surface area is 127 Å². The summed E-state index contributed by atoms with van der Waals surface area (Å²) in [6.45, 7) is 0.665. The second kappa shape index (κ2) is 4.87. The van der Waals surface area contributed by atoms with Crippen LogP contribution in [0.4, 0.5) is 11.8 Å². The zero-order valence-electron chi connectivity index (χ0n) is 12.2. The summed E-state index contributed by atoms with van der Waals surface area (Å²) in [6.07, 6.45) is 2.53. The molecule has 3 heterocycles. The molecule has 3 aromatic rings. The van der Waals surface area contributed by atoms with Crippen LogP contribution in [0.3, 0.4) is 0 Å². The molecule has 0 aliphatic carbocycles. The molecule has 0 saturated carbocycles. The van der Waals surface area contributed by atoms with Crippen molar-refractivity contribution < 1.29 is 4.74 Å². The molecule has 0 spiro atoms. The van der Waals surface area contributed by atoms with E-state index in [4.69, 9.17) is 10.5 Å². The van der Waals surface area contributed by atoms with E-state index in [0.717, 1.165) is 28.8 Å². The maximum atomic E-state index is 6.00. The first-order valence-corrected chi connectivity index (χ1v) is 7.16. The molecule has 0 radical (unpaired) electrons. The quantitative estimate of drug-likeness (QED) is 0.750. The van der Waals surface area contributed by atoms with Gasteiger partial charge in [0.25, 0.3) is 0 Å². The molecule has 7 heteroatoms. The van der Waals surface area contributed by atoms with Crippen molar-refractivity contribution in [1.29, 1.82) is 0 Å². The highest BCUT2D eigenvalue weighted by Crippen LogP contribution is 2.33. The molecule has 0 saturated heterocycles. The summed E-state index contributed by atoms with van der Waals surface area (Å²) < 4.78 is 7.36. The molecule has 7 nitrogen and oxygen atoms in total. The number of hydrogen-bond acceptors (Lipinski definition) is 6. The highest BCUT2D eigenvalue weighted by atomic mass is 16.5. The third-order valence-corrected chi connectivity index (χ3v) is 3.88. The minimum absolute atomic E-state index is 0.107. The van der Waals surface area contributed by atoms with Gasteiger partial charge in [-0.1, -0.05) is 18.2 Å². The molecule has 1 aliphatic rings. The fraction of sp³-hybridized carbons (Fsp3) is 0.267. The van der Waals surface area contributed by atoms with Gasteiger partial charge in [-0.2, -0.15) is 15.1 Å². The van der Waals surface area contributed by atoms with E-state index >= 15 is 0 Å². The van der Waals surface area contributed by atoms with E-state index < -0.39 is 0 Å². The number of aromatic nitrogens is 4. The van der Waals surface area contributed by atoms with Crippen LogP contribution in [0.15, 0.2) is 30.5 Å². The summed E-state index contributed by atoms with van der Waals surface area (Å²) in [7, 11) is 1.84. The number of nitrogens with zero attached hydrogens (tertiary/aromatic N) is 4. The Bertz CT molecular complexity index is 843. The Morgan fingerprint density at radius 2 is 2.18 bits per heavy atom. The number of fused-ring (bicyclic) bond motifs is 2. The lowest BCUT2D eigenvalue weighted by molar-refractivity contribution is 0.274. The van der Waals surface area contributed by atoms with E-state index in [2.05, 4.69) is 26.4 Å². The van der Waals surface area contributed by atoms with Gasteiger partial charge in [-0.15, -0.1) is 0 Å². The van der Waals surface area contributed by atoms with Crippen LogP contribution in [-0.2, 0) is 7.05 Å². The van der Waals surface area contributed by atoms with Crippen molar-refractivity contribution in [2.75, 3.05) is 17.7 Å². The van der Waals surface area contributed by atoms with Gasteiger partial charge in [-0.3, -0.25) is 4.68 Å². The van der Waals surface area contributed by atoms with E-state index in [1.54, 1.807) is 10.9 Å². The normalized spacial score (nSPS) is 17.0. The zero-order chi connectivity index (χ0) is 15.1. The zero-order valence-corrected chi connectivity index (χ0v) is 12.2. The predicted octanol–water partition coefficient (Wildman–Crippen LogP) is 1.88. The Hall–Kier alpha value is -2.83. The SMILES string of the molecule is Cn1ncc2c(N)nc(NC3CCOc4ccccc43)nc21. The summed E-state index contributed by atoms with van der Waals surface area (Å²) in [6, 6.07) is 8.11. The molecule has 1 unspecified atom stereocenters. The number of nitrogens with one attached hydrogen (secondary N) is 1. The van der Waals surface area contributed by atoms with Crippen molar-refractivity contribution >= 4 is 22.8 Å². The lowest BCUT2D eigenvalue weighted by Gasteiger charge is -2.26. The molecule has 3 N–H and O–H groups in total. The van der Waals surface area contributed by atoms with Gasteiger partial charge in [0, 0.05) is 19.0 Å². The van der Waals surface area contributed by atoms with Crippen LogP contribution in [0.5, 0.6) is 5.75 Å². The molecule has 0 fully saturated rings. The first kappa shape index (κ1) is 12.9. The lowest BCUT2D eigenvalue weighted by Crippen LogP contribution is -2.21. The molecule has 4 rings (SSSR count). The number of benzene rings is 1. The second-order valence-electron chi connectivity index (χ2n) is 5.31. The summed E-state index contributed by atoms with van der Waals surface area (Å²) in [4.78, 5) is 8.86. The highest BCUT2D eigenvalue weighted by molar-refractivity contribution is 5.86. The van der Waals surface area contributed by atoms with Crippen molar-refractivity contribution in [3.8, 4) is 5.75 Å². The van der Waals surface area contributed by atoms with Crippen molar-refractivity contribution in [3.63, 3.8) is 0 Å². The molecule has 0 amide bonds. The first-order valence-electron chi connectivity index (χ1n) is 7.16. The Morgan fingerprint density at radius 3 is 3.09 bits per heavy atom. The summed E-state index contributed by atoms with van der Waals surface area (Å²) in [5, 5.41) is 8.29. The molecular weight excluding hydrogens is 280 g/mol. The number of para-hydroxylation sites is 1. The topological polar surface area (TPSA) is 90.9 Å². The van der Waals surface area contributed by atoms with Crippen LogP contribution < -0.4 is 15.8 Å². The van der Waals surface area contributed by atoms with Crippen molar-refractivity contribution in [2.24, 2.45) is 7.05 Å². The summed E-state index contributed by atoms with van der Waals surface area (Å²) in [5.41, 5.74) is 7.83. The first-order chi connectivity index (χ1) is 10.7. The minimum Gasteiger partial charge on any atom is -0.493 e. The standard InChI is InChI=1S/C15H16N6O/c1-21-14-10(8-17-21)13(16)19-15(20-14)18-11-6-7-22-12-5-3-2-4-9(11)12/h2-5,8,11H,6-7H2,1H3,(H3,16,18,19,20). The van der Waals surface area contributed by atoms with E-state index in [0.29, 0.717) is 18.4 Å². The number of nitrogens with two attached hydrogens (primary N) is 1. The Balaban J connectivity index is 1.71. The number of hydrogen-bond donors (Lipinski definition) is 2. The van der Waals surface area contributed by atoms with Gasteiger partial charge in [0.05, 0.1) is 24.2 Å². The number of aryl methyl sites for hydroxylation is 1. The maximum Gasteiger partial charge on any atom is 0.227 e. The molecule has 0 bridgehead atoms. The minimum atomic E-state index is 0.107. The van der Waals surface area contributed by atoms with E-state index in [9.17, 15) is 0 Å². The highest BCUT2D eigenvalue weighted by Gasteiger charge is 2.22. The van der Waals surface area contributed by atoms with Gasteiger partial charge >= 0.3 is 0 Å². The van der Waals surface area contributed by atoms with E-state index in [-0.39, 0.29) is 6.04 Å². The summed E-state index contributed by atoms with van der Waals surface area (Å²) in [5.74, 6) is 1.84. The van der Waals surface area contributed by atoms with Crippen LogP contribution in [0.25, 0.3) is 11.0 Å². The van der Waals surface area contributed by atoms with Crippen LogP contribution in [0.2, 0.25) is 0 Å². The number of ether oxygens (including phenoxy) is 1. The van der Waals surface area contributed by atoms with Crippen LogP contribution in [0.1, 0.15) is 18.0 Å². The molecule has 1 aliphatic heterocycles. The second-order valence-corrected chi connectivity index (χ2v) is 5.31. The van der Waals surface area contributed by atoms with Crippen molar-refractivity contribution in [1.82, 2.24) is 19.7 Å². The molecule has 1 atom stereocenters. The van der Waals surface area contributed by atoms with Crippen molar-refractivity contribution in [3.05, 3.63) is 36.0 Å². The average Bonchev–Trinajstić information content (AvgIpc) is 2.90. The molecule has 22 heavy (non-hydrogen) atoms. The fourth-order valence-corrected chi connectivity index (χ4v) is 2.76. The van der Waals surface area contributed by atoms with Crippen molar-refractivity contribution in [2.45, 2.75) is 12.5 Å². The molecule has 1 aromatic carbocycles. The molecule has 112 valence electrons. The largest absolute Gasteiger partial charge is 0.493 e. The summed E-state index contributed by atoms with van der Waals surface area (Å²) >= 11 is 0. The third kappa shape index (κ3) is 2.02. The van der Waals surface area contributed by atoms with E-state index in [1.807, 2.05) is 25.2 Å². The van der Waals surface area contributed by atoms with Gasteiger partial charge < -0.3 is 15.8 Å². The van der Waals surface area contributed by atoms with Gasteiger partial charge in [-0.25, -0.2) is 0 Å². The molecule has 2 aromatic heterocycles.